The lowest BCUT2D eigenvalue weighted by Gasteiger charge is -2.52. The quantitative estimate of drug-likeness (QED) is 0.189. The van der Waals surface area contributed by atoms with Crippen LogP contribution in [0.2, 0.25) is 0 Å². The first-order chi connectivity index (χ1) is 20.3. The first-order valence-corrected chi connectivity index (χ1v) is 14.5. The summed E-state index contributed by atoms with van der Waals surface area (Å²) in [4.78, 5) is 24.4. The summed E-state index contributed by atoms with van der Waals surface area (Å²) in [5.41, 5.74) is 1.23. The molecule has 43 heavy (non-hydrogen) atoms. The number of carbonyl (C=O) groups is 2. The maximum absolute atomic E-state index is 14.4. The molecule has 3 aromatic rings. The number of thiophene rings is 1. The fourth-order valence-corrected chi connectivity index (χ4v) is 6.27. The highest BCUT2D eigenvalue weighted by Crippen LogP contribution is 2.36. The van der Waals surface area contributed by atoms with E-state index < -0.39 is 35.7 Å². The molecular weight excluding hydrogens is 598 g/mol. The lowest BCUT2D eigenvalue weighted by Crippen LogP contribution is -2.65. The van der Waals surface area contributed by atoms with E-state index in [1.54, 1.807) is 0 Å². The Hall–Kier alpha value is -3.58. The number of quaternary nitrogens is 1. The number of carbonyl (C=O) groups excluding carboxylic acids is 2. The number of hydrogen-bond donors (Lipinski definition) is 0. The average molecular weight is 629 g/mol. The van der Waals surface area contributed by atoms with Crippen LogP contribution < -0.4 is 5.11 Å². The van der Waals surface area contributed by atoms with Crippen LogP contribution in [0.4, 0.5) is 31.1 Å². The van der Waals surface area contributed by atoms with Crippen molar-refractivity contribution in [2.24, 2.45) is 5.92 Å². The number of alkyl halides is 3. The monoisotopic (exact) mass is 628 g/mol. The molecule has 1 amide bonds. The van der Waals surface area contributed by atoms with E-state index >= 15 is 0 Å². The van der Waals surface area contributed by atoms with Crippen LogP contribution in [0.15, 0.2) is 60.0 Å². The summed E-state index contributed by atoms with van der Waals surface area (Å²) in [7, 11) is 0. The molecule has 0 radical (unpaired) electrons. The van der Waals surface area contributed by atoms with E-state index in [0.29, 0.717) is 12.0 Å². The second kappa shape index (κ2) is 13.8. The van der Waals surface area contributed by atoms with Crippen LogP contribution in [0.25, 0.3) is 0 Å². The number of ether oxygens (including phenoxy) is 1. The molecule has 1 atom stereocenters. The van der Waals surface area contributed by atoms with Crippen LogP contribution in [0.1, 0.15) is 28.8 Å². The number of amides is 1. The Morgan fingerprint density at radius 3 is 2.21 bits per heavy atom. The number of benzene rings is 2. The topological polar surface area (TPSA) is 69.7 Å². The number of rotatable bonds is 8. The van der Waals surface area contributed by atoms with Crippen molar-refractivity contribution in [1.29, 1.82) is 0 Å². The predicted octanol–water partition coefficient (Wildman–Crippen LogP) is 5.45. The van der Waals surface area contributed by atoms with Crippen LogP contribution in [-0.4, -0.2) is 59.9 Å². The summed E-state index contributed by atoms with van der Waals surface area (Å²) >= 11 is 1.47. The second-order valence-corrected chi connectivity index (χ2v) is 11.8. The molecule has 0 aliphatic carbocycles. The molecule has 13 heteroatoms. The molecule has 3 aliphatic heterocycles. The van der Waals surface area contributed by atoms with Gasteiger partial charge in [-0.2, -0.15) is 13.2 Å². The van der Waals surface area contributed by atoms with Crippen molar-refractivity contribution in [3.63, 3.8) is 0 Å². The summed E-state index contributed by atoms with van der Waals surface area (Å²) in [6.45, 7) is 3.96. The van der Waals surface area contributed by atoms with E-state index in [9.17, 15) is 31.1 Å². The summed E-state index contributed by atoms with van der Waals surface area (Å²) < 4.78 is 80.2. The third-order valence-corrected chi connectivity index (χ3v) is 8.74. The molecule has 3 fully saturated rings. The van der Waals surface area contributed by atoms with Gasteiger partial charge in [0.05, 0.1) is 32.7 Å². The van der Waals surface area contributed by atoms with Gasteiger partial charge >= 0.3 is 12.3 Å². The number of hydrogen-bond acceptors (Lipinski definition) is 5. The third-order valence-electron chi connectivity index (χ3n) is 7.88. The van der Waals surface area contributed by atoms with Gasteiger partial charge in [0.15, 0.2) is 17.7 Å². The van der Waals surface area contributed by atoms with E-state index in [1.165, 1.54) is 21.8 Å². The molecule has 6 rings (SSSR count). The number of piperidine rings is 3. The highest BCUT2D eigenvalue weighted by Gasteiger charge is 2.47. The van der Waals surface area contributed by atoms with Crippen molar-refractivity contribution < 1.29 is 50.3 Å². The zero-order chi connectivity index (χ0) is 31.2. The Morgan fingerprint density at radius 1 is 0.953 bits per heavy atom. The van der Waals surface area contributed by atoms with Crippen LogP contribution in [0.5, 0.6) is 0 Å². The Kier molecular flexibility index (Phi) is 10.4. The number of carboxylic acids is 1. The third kappa shape index (κ3) is 8.73. The number of fused-ring (bicyclic) bond motifs is 3. The zero-order valence-electron chi connectivity index (χ0n) is 23.0. The normalized spacial score (nSPS) is 21.1. The van der Waals surface area contributed by atoms with Crippen molar-refractivity contribution in [1.82, 2.24) is 4.90 Å². The Balaban J connectivity index is 0.000000541. The highest BCUT2D eigenvalue weighted by molar-refractivity contribution is 7.09. The van der Waals surface area contributed by atoms with Crippen molar-refractivity contribution in [2.45, 2.75) is 44.6 Å². The fraction of sp³-hybridized carbons (Fsp3) is 0.400. The molecule has 2 aromatic carbocycles. The fourth-order valence-electron chi connectivity index (χ4n) is 5.55. The number of halogens is 6. The van der Waals surface area contributed by atoms with Gasteiger partial charge in [-0.15, -0.1) is 11.3 Å². The molecule has 4 heterocycles. The van der Waals surface area contributed by atoms with Crippen molar-refractivity contribution in [3.05, 3.63) is 93.4 Å². The lowest BCUT2D eigenvalue weighted by molar-refractivity contribution is -0.946. The lowest BCUT2D eigenvalue weighted by atomic mass is 9.83. The van der Waals surface area contributed by atoms with Crippen LogP contribution in [0.3, 0.4) is 0 Å². The van der Waals surface area contributed by atoms with Gasteiger partial charge in [-0.25, -0.2) is 18.0 Å². The minimum absolute atomic E-state index is 0.0808. The van der Waals surface area contributed by atoms with Gasteiger partial charge < -0.3 is 19.1 Å². The largest absolute Gasteiger partial charge is 0.542 e. The molecule has 232 valence electrons. The van der Waals surface area contributed by atoms with E-state index in [0.717, 1.165) is 60.9 Å². The average Bonchev–Trinajstić information content (AvgIpc) is 3.49. The summed E-state index contributed by atoms with van der Waals surface area (Å²) in [6, 6.07) is 15.5. The van der Waals surface area contributed by atoms with Crippen molar-refractivity contribution >= 4 is 23.4 Å². The van der Waals surface area contributed by atoms with Gasteiger partial charge in [-0.3, -0.25) is 4.90 Å². The van der Waals surface area contributed by atoms with Crippen molar-refractivity contribution in [2.75, 3.05) is 26.2 Å². The Labute approximate surface area is 248 Å². The maximum atomic E-state index is 14.4. The number of carboxylic acid groups (broad SMARTS) is 1. The van der Waals surface area contributed by atoms with E-state index in [2.05, 4.69) is 24.3 Å². The molecule has 2 bridgehead atoms. The standard InChI is InChI=1S/C28H30F3N2O2S.C2HF3O2/c29-24-16-26(31)25(30)15-22(24)17-32(18-23-7-4-14-36-23)28(34)35-27-19-33(12-9-21(27)10-13-33)11-8-20-5-2-1-3-6-20;3-2(4,5)1(6)7/h1-7,14-16,21,27H,8-13,17-19H2;(H,6,7)/q+1;/p-1/t21?,27-,33?;/m0./s1. The highest BCUT2D eigenvalue weighted by atomic mass is 32.1. The molecule has 0 unspecified atom stereocenters. The smallest absolute Gasteiger partial charge is 0.430 e. The van der Waals surface area contributed by atoms with Gasteiger partial charge in [0.25, 0.3) is 0 Å². The van der Waals surface area contributed by atoms with Gasteiger partial charge in [-0.1, -0.05) is 36.4 Å². The zero-order valence-corrected chi connectivity index (χ0v) is 23.8. The molecule has 1 aromatic heterocycles. The summed E-state index contributed by atoms with van der Waals surface area (Å²) in [5, 5.41) is 10.7. The number of aliphatic carboxylic acids is 1. The van der Waals surface area contributed by atoms with E-state index in [4.69, 9.17) is 14.6 Å². The first-order valence-electron chi connectivity index (χ1n) is 13.6. The van der Waals surface area contributed by atoms with Crippen LogP contribution >= 0.6 is 11.3 Å². The van der Waals surface area contributed by atoms with Crippen LogP contribution in [-0.2, 0) is 29.0 Å². The Bertz CT molecular complexity index is 1380. The van der Waals surface area contributed by atoms with Gasteiger partial charge in [-0.05, 0) is 23.1 Å². The molecule has 6 nitrogen and oxygen atoms in total. The maximum Gasteiger partial charge on any atom is 0.430 e. The van der Waals surface area contributed by atoms with Gasteiger partial charge in [0.1, 0.15) is 18.3 Å². The van der Waals surface area contributed by atoms with E-state index in [1.807, 2.05) is 23.6 Å². The molecule has 0 spiro atoms. The number of nitrogens with zero attached hydrogens (tertiary/aromatic N) is 2. The molecule has 3 aliphatic rings. The SMILES string of the molecule is O=C(O[C@H]1C[N+]2(CCc3ccccc3)CCC1CC2)N(Cc1cccs1)Cc1cc(F)c(F)cc1F.O=C([O-])C(F)(F)F. The Morgan fingerprint density at radius 2 is 1.60 bits per heavy atom. The molecule has 3 saturated heterocycles. The van der Waals surface area contributed by atoms with Crippen molar-refractivity contribution in [3.8, 4) is 0 Å². The van der Waals surface area contributed by atoms with Gasteiger partial charge in [0, 0.05) is 41.7 Å². The molecule has 0 saturated carbocycles. The van der Waals surface area contributed by atoms with Crippen LogP contribution in [0, 0.1) is 23.4 Å². The predicted molar refractivity (Wildman–Crippen MR) is 144 cm³/mol. The molecular formula is C30H30F6N2O4S. The minimum Gasteiger partial charge on any atom is -0.542 e. The van der Waals surface area contributed by atoms with E-state index in [-0.39, 0.29) is 24.8 Å². The first kappa shape index (κ1) is 32.3. The van der Waals surface area contributed by atoms with Gasteiger partial charge in [0.2, 0.25) is 0 Å². The minimum atomic E-state index is -5.19. The second-order valence-electron chi connectivity index (χ2n) is 10.8. The molecule has 0 N–H and O–H groups in total. The summed E-state index contributed by atoms with van der Waals surface area (Å²) in [5.74, 6) is -5.97. The summed E-state index contributed by atoms with van der Waals surface area (Å²) in [6.07, 6.45) is -2.96.